The highest BCUT2D eigenvalue weighted by Crippen LogP contribution is 2.44. The number of fused-ring (bicyclic) bond motifs is 5. The summed E-state index contributed by atoms with van der Waals surface area (Å²) in [6.07, 6.45) is 1.29. The van der Waals surface area contributed by atoms with Crippen LogP contribution in [0.4, 0.5) is 11.4 Å². The Hall–Kier alpha value is -3.97. The van der Waals surface area contributed by atoms with Gasteiger partial charge in [-0.1, -0.05) is 6.92 Å². The summed E-state index contributed by atoms with van der Waals surface area (Å²) in [5, 5.41) is 0.804. The number of nitrogens with two attached hydrogens (primary N) is 1. The van der Waals surface area contributed by atoms with Crippen LogP contribution in [0.15, 0.2) is 29.1 Å². The maximum absolute atomic E-state index is 13.9. The van der Waals surface area contributed by atoms with Crippen molar-refractivity contribution in [2.75, 3.05) is 43.1 Å². The molecule has 3 aliphatic rings. The number of piperazine rings is 1. The van der Waals surface area contributed by atoms with Crippen LogP contribution in [-0.2, 0) is 47.8 Å². The molecule has 13 heteroatoms. The molecule has 1 fully saturated rings. The second kappa shape index (κ2) is 9.03. The van der Waals surface area contributed by atoms with Gasteiger partial charge < -0.3 is 24.7 Å². The fraction of sp³-hybridized carbons (Fsp3) is 0.407. The Kier molecular flexibility index (Phi) is 5.93. The van der Waals surface area contributed by atoms with E-state index in [0.717, 1.165) is 16.6 Å². The number of pyridine rings is 2. The average Bonchev–Trinajstić information content (AvgIpc) is 3.27. The van der Waals surface area contributed by atoms with E-state index < -0.39 is 27.6 Å². The molecule has 40 heavy (non-hydrogen) atoms. The van der Waals surface area contributed by atoms with Crippen molar-refractivity contribution in [2.45, 2.75) is 39.0 Å². The molecule has 0 amide bonds. The van der Waals surface area contributed by atoms with Gasteiger partial charge in [-0.3, -0.25) is 9.59 Å². The van der Waals surface area contributed by atoms with E-state index in [2.05, 4.69) is 4.90 Å². The Morgan fingerprint density at radius 1 is 1.15 bits per heavy atom. The third-order valence-electron chi connectivity index (χ3n) is 7.99. The quantitative estimate of drug-likeness (QED) is 0.282. The van der Waals surface area contributed by atoms with Crippen LogP contribution in [0, 0.1) is 0 Å². The van der Waals surface area contributed by atoms with E-state index in [1.807, 2.05) is 12.1 Å². The van der Waals surface area contributed by atoms with E-state index in [9.17, 15) is 22.8 Å². The molecule has 1 aromatic carbocycles. The summed E-state index contributed by atoms with van der Waals surface area (Å²) in [7, 11) is -3.32. The summed E-state index contributed by atoms with van der Waals surface area (Å²) < 4.78 is 38.2. The summed E-state index contributed by atoms with van der Waals surface area (Å²) in [5.74, 6) is -1.38. The molecule has 5 heterocycles. The lowest BCUT2D eigenvalue weighted by molar-refractivity contribution is -0.188. The summed E-state index contributed by atoms with van der Waals surface area (Å²) in [4.78, 5) is 45.9. The number of rotatable bonds is 4. The van der Waals surface area contributed by atoms with Crippen LogP contribution in [0.5, 0.6) is 0 Å². The van der Waals surface area contributed by atoms with Gasteiger partial charge in [0.25, 0.3) is 5.56 Å². The lowest BCUT2D eigenvalue weighted by atomic mass is 9.85. The number of ether oxygens (including phenoxy) is 2. The highest BCUT2D eigenvalue weighted by molar-refractivity contribution is 7.88. The van der Waals surface area contributed by atoms with Gasteiger partial charge in [-0.15, -0.1) is 0 Å². The van der Waals surface area contributed by atoms with Gasteiger partial charge in [-0.25, -0.2) is 18.2 Å². The standard InChI is InChI=1S/C27H29N5O7S/c1-4-27(39-15(2)33)20-12-22-23-18(13-32(22)25(34)19(20)14-38-26(27)35)24(17-11-16(28)5-6-21(17)29-23)30-7-9-31(10-8-30)40(3,36)37/h5-6,11-12H,4,7-10,13-14,28H2,1-3H3. The molecule has 0 spiro atoms. The molecule has 1 unspecified atom stereocenters. The number of hydrogen-bond donors (Lipinski definition) is 1. The van der Waals surface area contributed by atoms with E-state index in [4.69, 9.17) is 20.2 Å². The molecule has 1 saturated heterocycles. The Balaban J connectivity index is 1.56. The van der Waals surface area contributed by atoms with Gasteiger partial charge in [-0.2, -0.15) is 4.31 Å². The molecule has 0 aliphatic carbocycles. The molecule has 12 nitrogen and oxygen atoms in total. The Labute approximate surface area is 230 Å². The van der Waals surface area contributed by atoms with Crippen molar-refractivity contribution in [3.8, 4) is 11.4 Å². The zero-order chi connectivity index (χ0) is 28.6. The minimum absolute atomic E-state index is 0.0917. The number of nitrogens with zero attached hydrogens (tertiary/aromatic N) is 4. The van der Waals surface area contributed by atoms with Gasteiger partial charge in [0.05, 0.1) is 41.0 Å². The van der Waals surface area contributed by atoms with Gasteiger partial charge in [0, 0.05) is 55.3 Å². The van der Waals surface area contributed by atoms with Crippen LogP contribution in [0.2, 0.25) is 0 Å². The molecule has 210 valence electrons. The van der Waals surface area contributed by atoms with Crippen molar-refractivity contribution >= 4 is 44.2 Å². The number of anilines is 2. The Bertz CT molecular complexity index is 1780. The number of cyclic esters (lactones) is 1. The third kappa shape index (κ3) is 3.86. The van der Waals surface area contributed by atoms with Crippen molar-refractivity contribution < 1.29 is 27.5 Å². The molecule has 0 saturated carbocycles. The maximum Gasteiger partial charge on any atom is 0.355 e. The molecule has 2 N–H and O–H groups in total. The van der Waals surface area contributed by atoms with Gasteiger partial charge in [0.1, 0.15) is 6.61 Å². The lowest BCUT2D eigenvalue weighted by Crippen LogP contribution is -2.48. The summed E-state index contributed by atoms with van der Waals surface area (Å²) in [5.41, 5.74) is 8.59. The number of aromatic nitrogens is 2. The average molecular weight is 568 g/mol. The van der Waals surface area contributed by atoms with Crippen LogP contribution < -0.4 is 16.2 Å². The topological polar surface area (TPSA) is 154 Å². The highest BCUT2D eigenvalue weighted by atomic mass is 32.2. The summed E-state index contributed by atoms with van der Waals surface area (Å²) >= 11 is 0. The SMILES string of the molecule is CCC1(OC(C)=O)C(=O)OCc2c1cc1n(c2=O)Cc2c-1nc1ccc(N)cc1c2N1CCN(S(C)(=O)=O)CC1. The smallest absolute Gasteiger partial charge is 0.355 e. The predicted molar refractivity (Wildman–Crippen MR) is 147 cm³/mol. The van der Waals surface area contributed by atoms with Crippen molar-refractivity contribution in [2.24, 2.45) is 0 Å². The molecule has 3 aliphatic heterocycles. The van der Waals surface area contributed by atoms with Crippen LogP contribution in [0.1, 0.15) is 37.0 Å². The fourth-order valence-corrected chi connectivity index (χ4v) is 6.91. The second-order valence-electron chi connectivity index (χ2n) is 10.4. The van der Waals surface area contributed by atoms with Crippen molar-refractivity contribution in [3.05, 3.63) is 51.3 Å². The molecule has 2 aromatic heterocycles. The second-order valence-corrected chi connectivity index (χ2v) is 12.4. The number of hydrogen-bond acceptors (Lipinski definition) is 10. The normalized spacial score (nSPS) is 20.6. The van der Waals surface area contributed by atoms with E-state index in [0.29, 0.717) is 54.3 Å². The summed E-state index contributed by atoms with van der Waals surface area (Å²) in [6, 6.07) is 7.12. The minimum atomic E-state index is -3.32. The number of carbonyl (C=O) groups excluding carboxylic acids is 2. The van der Waals surface area contributed by atoms with E-state index in [-0.39, 0.29) is 30.7 Å². The van der Waals surface area contributed by atoms with E-state index in [1.165, 1.54) is 17.5 Å². The molecule has 3 aromatic rings. The number of carbonyl (C=O) groups is 2. The van der Waals surface area contributed by atoms with Crippen LogP contribution in [0.25, 0.3) is 22.3 Å². The number of sulfonamides is 1. The zero-order valence-electron chi connectivity index (χ0n) is 22.4. The van der Waals surface area contributed by atoms with Gasteiger partial charge >= 0.3 is 11.9 Å². The Morgan fingerprint density at radius 2 is 1.88 bits per heavy atom. The molecule has 1 atom stereocenters. The van der Waals surface area contributed by atoms with Crippen LogP contribution in [0.3, 0.4) is 0 Å². The van der Waals surface area contributed by atoms with Crippen LogP contribution in [-0.4, -0.2) is 66.6 Å². The molecule has 0 radical (unpaired) electrons. The predicted octanol–water partition coefficient (Wildman–Crippen LogP) is 1.31. The van der Waals surface area contributed by atoms with Gasteiger partial charge in [0.2, 0.25) is 15.6 Å². The lowest BCUT2D eigenvalue weighted by Gasteiger charge is -2.36. The highest BCUT2D eigenvalue weighted by Gasteiger charge is 2.50. The van der Waals surface area contributed by atoms with E-state index in [1.54, 1.807) is 23.6 Å². The molecular formula is C27H29N5O7S. The monoisotopic (exact) mass is 567 g/mol. The largest absolute Gasteiger partial charge is 0.457 e. The zero-order valence-corrected chi connectivity index (χ0v) is 23.2. The first-order valence-corrected chi connectivity index (χ1v) is 14.9. The van der Waals surface area contributed by atoms with Gasteiger partial charge in [-0.05, 0) is 30.7 Å². The summed E-state index contributed by atoms with van der Waals surface area (Å²) in [6.45, 7) is 4.44. The fourth-order valence-electron chi connectivity index (χ4n) is 6.08. The van der Waals surface area contributed by atoms with Gasteiger partial charge in [0.15, 0.2) is 0 Å². The van der Waals surface area contributed by atoms with Crippen molar-refractivity contribution in [3.63, 3.8) is 0 Å². The number of benzene rings is 1. The third-order valence-corrected chi connectivity index (χ3v) is 9.29. The first-order chi connectivity index (χ1) is 18.9. The molecular weight excluding hydrogens is 538 g/mol. The van der Waals surface area contributed by atoms with Crippen LogP contribution >= 0.6 is 0 Å². The molecule has 6 rings (SSSR count). The van der Waals surface area contributed by atoms with Crippen molar-refractivity contribution in [1.82, 2.24) is 13.9 Å². The molecule has 0 bridgehead atoms. The maximum atomic E-state index is 13.9. The first kappa shape index (κ1) is 26.3. The first-order valence-electron chi connectivity index (χ1n) is 13.0. The number of esters is 2. The van der Waals surface area contributed by atoms with E-state index >= 15 is 0 Å². The number of nitrogen functional groups attached to an aromatic ring is 1. The Morgan fingerprint density at radius 3 is 2.52 bits per heavy atom. The van der Waals surface area contributed by atoms with Crippen molar-refractivity contribution in [1.29, 1.82) is 0 Å². The minimum Gasteiger partial charge on any atom is -0.457 e.